The topological polar surface area (TPSA) is 70.8 Å². The SMILES string of the molecule is CCNC(=NCC(O)c1ccc(OC)cc1)NCCCn1ccc2ccccc21.I. The number of guanidine groups is 1. The largest absolute Gasteiger partial charge is 0.497 e. The number of aliphatic hydroxyl groups excluding tert-OH is 1. The second-order valence-electron chi connectivity index (χ2n) is 6.86. The lowest BCUT2D eigenvalue weighted by Crippen LogP contribution is -2.38. The summed E-state index contributed by atoms with van der Waals surface area (Å²) in [7, 11) is 1.63. The molecule has 0 amide bonds. The number of hydrogen-bond acceptors (Lipinski definition) is 3. The van der Waals surface area contributed by atoms with Gasteiger partial charge in [0.1, 0.15) is 5.75 Å². The van der Waals surface area contributed by atoms with Crippen molar-refractivity contribution in [2.45, 2.75) is 26.0 Å². The maximum atomic E-state index is 10.4. The second-order valence-corrected chi connectivity index (χ2v) is 6.86. The quantitative estimate of drug-likeness (QED) is 0.172. The summed E-state index contributed by atoms with van der Waals surface area (Å²) in [5.74, 6) is 1.49. The van der Waals surface area contributed by atoms with Gasteiger partial charge < -0.3 is 25.0 Å². The molecule has 3 aromatic rings. The number of nitrogens with zero attached hydrogens (tertiary/aromatic N) is 2. The molecule has 2 aromatic carbocycles. The van der Waals surface area contributed by atoms with Gasteiger partial charge in [0.05, 0.1) is 19.8 Å². The Hall–Kier alpha value is -2.26. The first-order chi connectivity index (χ1) is 14.2. The van der Waals surface area contributed by atoms with Crippen LogP contribution in [-0.2, 0) is 6.54 Å². The lowest BCUT2D eigenvalue weighted by molar-refractivity contribution is 0.187. The minimum absolute atomic E-state index is 0. The van der Waals surface area contributed by atoms with Crippen LogP contribution in [0, 0.1) is 0 Å². The number of halogens is 1. The van der Waals surface area contributed by atoms with Crippen LogP contribution < -0.4 is 15.4 Å². The number of ether oxygens (including phenoxy) is 1. The van der Waals surface area contributed by atoms with Crippen LogP contribution in [0.3, 0.4) is 0 Å². The van der Waals surface area contributed by atoms with Gasteiger partial charge in [-0.05, 0) is 48.6 Å². The first kappa shape index (κ1) is 24.0. The molecule has 1 heterocycles. The highest BCUT2D eigenvalue weighted by molar-refractivity contribution is 14.0. The number of aliphatic imine (C=N–C) groups is 1. The van der Waals surface area contributed by atoms with Crippen LogP contribution in [0.25, 0.3) is 10.9 Å². The van der Waals surface area contributed by atoms with E-state index in [9.17, 15) is 5.11 Å². The zero-order chi connectivity index (χ0) is 20.5. The van der Waals surface area contributed by atoms with E-state index < -0.39 is 6.10 Å². The Kier molecular flexibility index (Phi) is 9.96. The highest BCUT2D eigenvalue weighted by atomic mass is 127. The van der Waals surface area contributed by atoms with Crippen LogP contribution in [0.15, 0.2) is 65.8 Å². The molecule has 3 rings (SSSR count). The van der Waals surface area contributed by atoms with Crippen LogP contribution in [0.4, 0.5) is 0 Å². The first-order valence-electron chi connectivity index (χ1n) is 10.1. The number of aryl methyl sites for hydroxylation is 1. The molecule has 0 aliphatic carbocycles. The van der Waals surface area contributed by atoms with E-state index in [2.05, 4.69) is 56.7 Å². The second kappa shape index (κ2) is 12.4. The Labute approximate surface area is 195 Å². The summed E-state index contributed by atoms with van der Waals surface area (Å²) in [4.78, 5) is 4.52. The van der Waals surface area contributed by atoms with Crippen molar-refractivity contribution in [3.63, 3.8) is 0 Å². The van der Waals surface area contributed by atoms with Crippen LogP contribution in [0.1, 0.15) is 25.0 Å². The third-order valence-electron chi connectivity index (χ3n) is 4.82. The molecule has 1 aromatic heterocycles. The molecule has 0 bridgehead atoms. The molecule has 162 valence electrons. The van der Waals surface area contributed by atoms with Crippen LogP contribution in [0.5, 0.6) is 5.75 Å². The number of benzene rings is 2. The molecular formula is C23H31IN4O2. The summed E-state index contributed by atoms with van der Waals surface area (Å²) in [5.41, 5.74) is 2.08. The molecule has 1 atom stereocenters. The third-order valence-corrected chi connectivity index (χ3v) is 4.82. The fraction of sp³-hybridized carbons (Fsp3) is 0.348. The number of aromatic nitrogens is 1. The number of nitrogens with one attached hydrogen (secondary N) is 2. The molecule has 0 aliphatic heterocycles. The average molecular weight is 522 g/mol. The van der Waals surface area contributed by atoms with Gasteiger partial charge in [-0.2, -0.15) is 0 Å². The van der Waals surface area contributed by atoms with E-state index >= 15 is 0 Å². The Balaban J connectivity index is 0.00000320. The van der Waals surface area contributed by atoms with Crippen molar-refractivity contribution in [1.82, 2.24) is 15.2 Å². The summed E-state index contributed by atoms with van der Waals surface area (Å²) in [6.07, 6.45) is 2.46. The normalized spacial score (nSPS) is 12.3. The predicted octanol–water partition coefficient (Wildman–Crippen LogP) is 3.95. The Morgan fingerprint density at radius 1 is 1.10 bits per heavy atom. The predicted molar refractivity (Wildman–Crippen MR) is 134 cm³/mol. The van der Waals surface area contributed by atoms with Gasteiger partial charge in [-0.25, -0.2) is 0 Å². The molecule has 0 aliphatic rings. The van der Waals surface area contributed by atoms with Gasteiger partial charge >= 0.3 is 0 Å². The molecule has 7 heteroatoms. The molecule has 0 spiro atoms. The molecule has 30 heavy (non-hydrogen) atoms. The fourth-order valence-corrected chi connectivity index (χ4v) is 3.24. The van der Waals surface area contributed by atoms with Crippen molar-refractivity contribution < 1.29 is 9.84 Å². The lowest BCUT2D eigenvalue weighted by Gasteiger charge is -2.14. The number of aliphatic hydroxyl groups is 1. The highest BCUT2D eigenvalue weighted by Gasteiger charge is 2.08. The summed E-state index contributed by atoms with van der Waals surface area (Å²) in [6.45, 7) is 4.84. The molecule has 0 saturated heterocycles. The molecule has 6 nitrogen and oxygen atoms in total. The standard InChI is InChI=1S/C23H30N4O2.HI/c1-3-24-23(26-17-22(28)19-9-11-20(29-2)12-10-19)25-14-6-15-27-16-13-18-7-4-5-8-21(18)27;/h4-5,7-13,16,22,28H,3,6,14-15,17H2,1-2H3,(H2,24,25,26);1H. The summed E-state index contributed by atoms with van der Waals surface area (Å²) in [6, 6.07) is 18.0. The smallest absolute Gasteiger partial charge is 0.191 e. The zero-order valence-corrected chi connectivity index (χ0v) is 19.9. The summed E-state index contributed by atoms with van der Waals surface area (Å²) in [5, 5.41) is 18.2. The van der Waals surface area contributed by atoms with E-state index in [0.717, 1.165) is 43.3 Å². The van der Waals surface area contributed by atoms with Crippen molar-refractivity contribution in [3.8, 4) is 5.75 Å². The van der Waals surface area contributed by atoms with Crippen molar-refractivity contribution in [2.75, 3.05) is 26.7 Å². The van der Waals surface area contributed by atoms with Gasteiger partial charge in [0.25, 0.3) is 0 Å². The number of fused-ring (bicyclic) bond motifs is 1. The number of hydrogen-bond donors (Lipinski definition) is 3. The van der Waals surface area contributed by atoms with E-state index in [0.29, 0.717) is 6.54 Å². The van der Waals surface area contributed by atoms with Crippen LogP contribution >= 0.6 is 24.0 Å². The minimum Gasteiger partial charge on any atom is -0.497 e. The monoisotopic (exact) mass is 522 g/mol. The van der Waals surface area contributed by atoms with E-state index in [4.69, 9.17) is 4.74 Å². The molecule has 0 fully saturated rings. The summed E-state index contributed by atoms with van der Waals surface area (Å²) >= 11 is 0. The molecule has 3 N–H and O–H groups in total. The Morgan fingerprint density at radius 3 is 2.60 bits per heavy atom. The van der Waals surface area contributed by atoms with Crippen molar-refractivity contribution >= 4 is 40.8 Å². The molecular weight excluding hydrogens is 491 g/mol. The van der Waals surface area contributed by atoms with Gasteiger partial charge in [-0.1, -0.05) is 30.3 Å². The van der Waals surface area contributed by atoms with E-state index in [1.54, 1.807) is 7.11 Å². The summed E-state index contributed by atoms with van der Waals surface area (Å²) < 4.78 is 7.43. The van der Waals surface area contributed by atoms with Gasteiger partial charge in [0, 0.05) is 31.3 Å². The Bertz CT molecular complexity index is 924. The highest BCUT2D eigenvalue weighted by Crippen LogP contribution is 2.18. The van der Waals surface area contributed by atoms with Crippen molar-refractivity contribution in [3.05, 3.63) is 66.4 Å². The van der Waals surface area contributed by atoms with Gasteiger partial charge in [-0.15, -0.1) is 24.0 Å². The van der Waals surface area contributed by atoms with E-state index in [1.807, 2.05) is 31.2 Å². The maximum Gasteiger partial charge on any atom is 0.191 e. The average Bonchev–Trinajstić information content (AvgIpc) is 3.18. The number of rotatable bonds is 9. The number of para-hydroxylation sites is 1. The third kappa shape index (κ3) is 6.63. The Morgan fingerprint density at radius 2 is 1.87 bits per heavy atom. The van der Waals surface area contributed by atoms with Crippen LogP contribution in [-0.4, -0.2) is 42.4 Å². The first-order valence-corrected chi connectivity index (χ1v) is 10.1. The van der Waals surface area contributed by atoms with Gasteiger partial charge in [0.2, 0.25) is 0 Å². The molecule has 1 unspecified atom stereocenters. The van der Waals surface area contributed by atoms with Gasteiger partial charge in [0.15, 0.2) is 5.96 Å². The number of methoxy groups -OCH3 is 1. The van der Waals surface area contributed by atoms with Crippen LogP contribution in [0.2, 0.25) is 0 Å². The molecule has 0 radical (unpaired) electrons. The molecule has 0 saturated carbocycles. The van der Waals surface area contributed by atoms with Crippen molar-refractivity contribution in [1.29, 1.82) is 0 Å². The maximum absolute atomic E-state index is 10.4. The van der Waals surface area contributed by atoms with Gasteiger partial charge in [-0.3, -0.25) is 4.99 Å². The van der Waals surface area contributed by atoms with Crippen molar-refractivity contribution in [2.24, 2.45) is 4.99 Å². The van der Waals surface area contributed by atoms with E-state index in [1.165, 1.54) is 10.9 Å². The lowest BCUT2D eigenvalue weighted by atomic mass is 10.1. The van der Waals surface area contributed by atoms with E-state index in [-0.39, 0.29) is 24.0 Å². The zero-order valence-electron chi connectivity index (χ0n) is 17.5. The minimum atomic E-state index is -0.650. The fourth-order valence-electron chi connectivity index (χ4n) is 3.24.